The van der Waals surface area contributed by atoms with E-state index < -0.39 is 0 Å². The molecule has 2 aliphatic rings. The van der Waals surface area contributed by atoms with Crippen LogP contribution < -0.4 is 5.32 Å². The lowest BCUT2D eigenvalue weighted by Crippen LogP contribution is -2.43. The van der Waals surface area contributed by atoms with Gasteiger partial charge in [-0.3, -0.25) is 4.99 Å². The van der Waals surface area contributed by atoms with Crippen LogP contribution in [0.5, 0.6) is 0 Å². The summed E-state index contributed by atoms with van der Waals surface area (Å²) in [5, 5.41) is 12.0. The molecule has 1 saturated heterocycles. The van der Waals surface area contributed by atoms with Gasteiger partial charge in [-0.1, -0.05) is 58.4 Å². The molecule has 1 aromatic carbocycles. The summed E-state index contributed by atoms with van der Waals surface area (Å²) in [6.45, 7) is 19.2. The third kappa shape index (κ3) is 10.7. The van der Waals surface area contributed by atoms with Gasteiger partial charge in [0.1, 0.15) is 0 Å². The molecule has 4 heteroatoms. The van der Waals surface area contributed by atoms with Crippen LogP contribution in [-0.2, 0) is 6.42 Å². The fourth-order valence-corrected chi connectivity index (χ4v) is 4.24. The van der Waals surface area contributed by atoms with E-state index in [1.807, 2.05) is 38.2 Å². The molecule has 1 aliphatic carbocycles. The van der Waals surface area contributed by atoms with Crippen molar-refractivity contribution in [1.82, 2.24) is 10.2 Å². The van der Waals surface area contributed by atoms with E-state index in [9.17, 15) is 0 Å². The number of hydrogen-bond donors (Lipinski definition) is 1. The first-order valence-corrected chi connectivity index (χ1v) is 13.6. The van der Waals surface area contributed by atoms with Gasteiger partial charge in [-0.05, 0) is 75.6 Å². The summed E-state index contributed by atoms with van der Waals surface area (Å²) in [6, 6.07) is 9.90. The molecule has 1 aliphatic heterocycles. The summed E-state index contributed by atoms with van der Waals surface area (Å²) in [7, 11) is 0. The molecular weight excluding hydrogens is 428 g/mol. The molecule has 0 unspecified atom stereocenters. The van der Waals surface area contributed by atoms with Gasteiger partial charge in [0.05, 0.1) is 11.6 Å². The molecule has 1 saturated carbocycles. The summed E-state index contributed by atoms with van der Waals surface area (Å²) in [5.41, 5.74) is 7.45. The number of benzene rings is 1. The Balaban J connectivity index is 0.000000395. The SMILES string of the molecule is CC.CCCc1cccc(C#N)c1.C\C=C(C(/C(C)=N/C=C/CC)=C(/C)N1CCNCC1)\C1CC1. The van der Waals surface area contributed by atoms with Gasteiger partial charge in [0.2, 0.25) is 0 Å². The minimum Gasteiger partial charge on any atom is -0.372 e. The predicted molar refractivity (Wildman–Crippen MR) is 153 cm³/mol. The van der Waals surface area contributed by atoms with Gasteiger partial charge in [0.25, 0.3) is 0 Å². The third-order valence-corrected chi connectivity index (χ3v) is 6.14. The van der Waals surface area contributed by atoms with Crippen LogP contribution in [0.2, 0.25) is 0 Å². The van der Waals surface area contributed by atoms with Crippen molar-refractivity contribution in [2.24, 2.45) is 10.9 Å². The zero-order chi connectivity index (χ0) is 26.1. The summed E-state index contributed by atoms with van der Waals surface area (Å²) < 4.78 is 0. The lowest BCUT2D eigenvalue weighted by molar-refractivity contribution is 0.298. The number of nitrogens with zero attached hydrogens (tertiary/aromatic N) is 3. The van der Waals surface area contributed by atoms with Crippen LogP contribution in [0.15, 0.2) is 64.5 Å². The Morgan fingerprint density at radius 3 is 2.40 bits per heavy atom. The Hall–Kier alpha value is -2.64. The highest BCUT2D eigenvalue weighted by molar-refractivity contribution is 6.03. The molecule has 35 heavy (non-hydrogen) atoms. The van der Waals surface area contributed by atoms with Crippen molar-refractivity contribution in [3.05, 3.63) is 70.6 Å². The lowest BCUT2D eigenvalue weighted by atomic mass is 9.95. The molecule has 4 nitrogen and oxygen atoms in total. The van der Waals surface area contributed by atoms with Gasteiger partial charge in [-0.2, -0.15) is 5.26 Å². The summed E-state index contributed by atoms with van der Waals surface area (Å²) in [6.07, 6.45) is 12.3. The molecule has 0 amide bonds. The van der Waals surface area contributed by atoms with Gasteiger partial charge in [0, 0.05) is 49.4 Å². The van der Waals surface area contributed by atoms with Crippen molar-refractivity contribution in [1.29, 1.82) is 5.26 Å². The zero-order valence-electron chi connectivity index (χ0n) is 23.3. The molecular formula is C31H48N4. The van der Waals surface area contributed by atoms with Gasteiger partial charge < -0.3 is 10.2 Å². The molecule has 0 atom stereocenters. The van der Waals surface area contributed by atoms with Crippen molar-refractivity contribution in [2.75, 3.05) is 26.2 Å². The van der Waals surface area contributed by atoms with Crippen LogP contribution in [0, 0.1) is 17.2 Å². The maximum Gasteiger partial charge on any atom is 0.0991 e. The van der Waals surface area contributed by atoms with E-state index in [0.29, 0.717) is 0 Å². The Bertz CT molecular complexity index is 904. The van der Waals surface area contributed by atoms with Crippen LogP contribution in [0.3, 0.4) is 0 Å². The number of piperazine rings is 1. The van der Waals surface area contributed by atoms with Crippen LogP contribution in [0.25, 0.3) is 0 Å². The highest BCUT2D eigenvalue weighted by Crippen LogP contribution is 2.41. The Kier molecular flexibility index (Phi) is 15.4. The number of nitrogens with one attached hydrogen (secondary N) is 1. The first kappa shape index (κ1) is 30.4. The summed E-state index contributed by atoms with van der Waals surface area (Å²) in [4.78, 5) is 7.22. The maximum absolute atomic E-state index is 8.58. The molecule has 2 fully saturated rings. The van der Waals surface area contributed by atoms with Crippen LogP contribution in [0.1, 0.15) is 85.3 Å². The van der Waals surface area contributed by atoms with Crippen LogP contribution in [0.4, 0.5) is 0 Å². The van der Waals surface area contributed by atoms with E-state index in [1.165, 1.54) is 35.2 Å². The maximum atomic E-state index is 8.58. The molecule has 1 heterocycles. The normalized spacial score (nSPS) is 17.0. The van der Waals surface area contributed by atoms with Crippen molar-refractivity contribution >= 4 is 5.71 Å². The number of hydrogen-bond acceptors (Lipinski definition) is 4. The second-order valence-corrected chi connectivity index (χ2v) is 8.79. The minimum absolute atomic E-state index is 0.748. The fourth-order valence-electron chi connectivity index (χ4n) is 4.24. The van der Waals surface area contributed by atoms with Crippen LogP contribution in [-0.4, -0.2) is 36.8 Å². The van der Waals surface area contributed by atoms with Crippen molar-refractivity contribution in [3.8, 4) is 6.07 Å². The highest BCUT2D eigenvalue weighted by atomic mass is 15.2. The lowest BCUT2D eigenvalue weighted by Gasteiger charge is -2.32. The number of aryl methyl sites for hydroxylation is 1. The number of aliphatic imine (C=N–C) groups is 1. The minimum atomic E-state index is 0.748. The number of nitriles is 1. The van der Waals surface area contributed by atoms with Crippen LogP contribution >= 0.6 is 0 Å². The molecule has 0 aromatic heterocycles. The van der Waals surface area contributed by atoms with Gasteiger partial charge >= 0.3 is 0 Å². The summed E-state index contributed by atoms with van der Waals surface area (Å²) >= 11 is 0. The molecule has 0 bridgehead atoms. The van der Waals surface area contributed by atoms with Gasteiger partial charge in [-0.15, -0.1) is 0 Å². The Labute approximate surface area is 215 Å². The first-order valence-electron chi connectivity index (χ1n) is 13.6. The molecule has 192 valence electrons. The largest absolute Gasteiger partial charge is 0.372 e. The molecule has 0 radical (unpaired) electrons. The van der Waals surface area contributed by atoms with Gasteiger partial charge in [0.15, 0.2) is 0 Å². The number of allylic oxidation sites excluding steroid dienone is 5. The second kappa shape index (κ2) is 17.7. The van der Waals surface area contributed by atoms with Gasteiger partial charge in [-0.25, -0.2) is 0 Å². The van der Waals surface area contributed by atoms with E-state index in [-0.39, 0.29) is 0 Å². The van der Waals surface area contributed by atoms with Crippen molar-refractivity contribution < 1.29 is 0 Å². The quantitative estimate of drug-likeness (QED) is 0.313. The predicted octanol–water partition coefficient (Wildman–Crippen LogP) is 7.44. The van der Waals surface area contributed by atoms with E-state index in [0.717, 1.165) is 62.6 Å². The molecule has 3 rings (SSSR count). The first-order chi connectivity index (χ1) is 17.0. The molecule has 0 spiro atoms. The molecule has 1 aromatic rings. The monoisotopic (exact) mass is 476 g/mol. The highest BCUT2D eigenvalue weighted by Gasteiger charge is 2.30. The van der Waals surface area contributed by atoms with E-state index in [1.54, 1.807) is 0 Å². The zero-order valence-corrected chi connectivity index (χ0v) is 23.3. The third-order valence-electron chi connectivity index (χ3n) is 6.14. The van der Waals surface area contributed by atoms with Crippen molar-refractivity contribution in [2.45, 2.75) is 80.6 Å². The summed E-state index contributed by atoms with van der Waals surface area (Å²) in [5.74, 6) is 0.748. The van der Waals surface area contributed by atoms with E-state index >= 15 is 0 Å². The van der Waals surface area contributed by atoms with E-state index in [4.69, 9.17) is 10.3 Å². The molecule has 1 N–H and O–H groups in total. The topological polar surface area (TPSA) is 51.4 Å². The van der Waals surface area contributed by atoms with E-state index in [2.05, 4.69) is 69.1 Å². The fraction of sp³-hybridized carbons (Fsp3) is 0.548. The Morgan fingerprint density at radius 1 is 1.17 bits per heavy atom. The average molecular weight is 477 g/mol. The standard InChI is InChI=1S/C19H31N3.C10H11N.C2H6/c1-5-7-10-21-15(3)19(18(6-2)17-8-9-17)16(4)22-13-11-20-12-14-22;1-2-4-9-5-3-6-10(7-9)8-11;1-2/h6-7,10,17,20H,5,8-9,11-14H2,1-4H3;3,5-7H,2,4H2,1H3;1-2H3/b10-7+,18-6-,19-16-,21-15+;;. The number of rotatable bonds is 8. The van der Waals surface area contributed by atoms with Crippen molar-refractivity contribution in [3.63, 3.8) is 0 Å². The second-order valence-electron chi connectivity index (χ2n) is 8.79. The smallest absolute Gasteiger partial charge is 0.0991 e. The average Bonchev–Trinajstić information content (AvgIpc) is 3.74. The Morgan fingerprint density at radius 2 is 1.86 bits per heavy atom.